The molecule has 28 heavy (non-hydrogen) atoms. The number of carbonyl (C=O) groups is 1. The summed E-state index contributed by atoms with van der Waals surface area (Å²) < 4.78 is 5.50. The van der Waals surface area contributed by atoms with Crippen LogP contribution in [-0.4, -0.2) is 15.9 Å². The van der Waals surface area contributed by atoms with Crippen molar-refractivity contribution in [3.8, 4) is 11.4 Å². The number of aromatic nitrogens is 2. The van der Waals surface area contributed by atoms with Crippen molar-refractivity contribution in [2.24, 2.45) is 5.92 Å². The molecule has 6 nitrogen and oxygen atoms in total. The number of nitrogens with zero attached hydrogens (tertiary/aromatic N) is 1. The summed E-state index contributed by atoms with van der Waals surface area (Å²) in [6.07, 6.45) is 2.51. The molecule has 6 heteroatoms. The molecule has 1 amide bonds. The van der Waals surface area contributed by atoms with Crippen LogP contribution in [0.25, 0.3) is 11.4 Å². The van der Waals surface area contributed by atoms with Crippen LogP contribution in [-0.2, 0) is 24.2 Å². The second kappa shape index (κ2) is 7.84. The first-order valence-electron chi connectivity index (χ1n) is 9.60. The van der Waals surface area contributed by atoms with Crippen molar-refractivity contribution in [3.05, 3.63) is 75.6 Å². The number of aryl methyl sites for hydroxylation is 2. The van der Waals surface area contributed by atoms with Crippen molar-refractivity contribution < 1.29 is 9.21 Å². The van der Waals surface area contributed by atoms with Crippen molar-refractivity contribution in [1.82, 2.24) is 15.3 Å². The fourth-order valence-electron chi connectivity index (χ4n) is 3.68. The Morgan fingerprint density at radius 2 is 1.96 bits per heavy atom. The van der Waals surface area contributed by atoms with Crippen LogP contribution in [0.4, 0.5) is 0 Å². The van der Waals surface area contributed by atoms with Gasteiger partial charge in [0.05, 0.1) is 12.2 Å². The highest BCUT2D eigenvalue weighted by atomic mass is 16.3. The maximum Gasteiger partial charge on any atom is 0.254 e. The molecule has 144 valence electrons. The van der Waals surface area contributed by atoms with Crippen LogP contribution in [0.5, 0.6) is 0 Å². The molecule has 2 aromatic heterocycles. The molecule has 0 fully saturated rings. The van der Waals surface area contributed by atoms with Gasteiger partial charge < -0.3 is 14.7 Å². The third kappa shape index (κ3) is 3.91. The van der Waals surface area contributed by atoms with E-state index in [0.29, 0.717) is 43.6 Å². The van der Waals surface area contributed by atoms with Gasteiger partial charge in [-0.05, 0) is 44.7 Å². The number of nitrogens with one attached hydrogen (secondary N) is 2. The Labute approximate surface area is 163 Å². The van der Waals surface area contributed by atoms with Gasteiger partial charge in [0.25, 0.3) is 5.56 Å². The van der Waals surface area contributed by atoms with E-state index in [1.807, 2.05) is 49.4 Å². The Balaban J connectivity index is 1.46. The van der Waals surface area contributed by atoms with Crippen molar-refractivity contribution in [2.75, 3.05) is 0 Å². The van der Waals surface area contributed by atoms with Gasteiger partial charge in [0.1, 0.15) is 17.3 Å². The van der Waals surface area contributed by atoms with Gasteiger partial charge in [0.2, 0.25) is 5.91 Å². The van der Waals surface area contributed by atoms with Gasteiger partial charge in [-0.3, -0.25) is 9.59 Å². The Bertz CT molecular complexity index is 1040. The molecule has 1 aliphatic rings. The molecule has 0 aliphatic heterocycles. The van der Waals surface area contributed by atoms with E-state index in [2.05, 4.69) is 10.3 Å². The van der Waals surface area contributed by atoms with Crippen LogP contribution < -0.4 is 10.9 Å². The largest absolute Gasteiger partial charge is 0.465 e. The summed E-state index contributed by atoms with van der Waals surface area (Å²) in [4.78, 5) is 32.8. The van der Waals surface area contributed by atoms with E-state index in [-0.39, 0.29) is 17.4 Å². The van der Waals surface area contributed by atoms with Crippen LogP contribution in [0.2, 0.25) is 0 Å². The highest BCUT2D eigenvalue weighted by Gasteiger charge is 2.25. The van der Waals surface area contributed by atoms with Gasteiger partial charge in [-0.15, -0.1) is 0 Å². The summed E-state index contributed by atoms with van der Waals surface area (Å²) in [6, 6.07) is 13.4. The van der Waals surface area contributed by atoms with E-state index < -0.39 is 0 Å². The first-order chi connectivity index (χ1) is 13.6. The number of fused-ring (bicyclic) bond motifs is 1. The summed E-state index contributed by atoms with van der Waals surface area (Å²) >= 11 is 0. The molecule has 0 saturated heterocycles. The van der Waals surface area contributed by atoms with Crippen LogP contribution in [0, 0.1) is 12.8 Å². The summed E-state index contributed by atoms with van der Waals surface area (Å²) in [5.74, 6) is 2.02. The predicted molar refractivity (Wildman–Crippen MR) is 106 cm³/mol. The molecule has 1 atom stereocenters. The second-order valence-electron chi connectivity index (χ2n) is 7.21. The fraction of sp³-hybridized carbons (Fsp3) is 0.318. The molecular formula is C22H23N3O3. The van der Waals surface area contributed by atoms with E-state index in [4.69, 9.17) is 9.40 Å². The molecule has 1 aromatic carbocycles. The van der Waals surface area contributed by atoms with E-state index in [1.54, 1.807) is 0 Å². The lowest BCUT2D eigenvalue weighted by Crippen LogP contribution is -2.30. The number of carbonyl (C=O) groups excluding carboxylic acids is 1. The van der Waals surface area contributed by atoms with E-state index in [1.165, 1.54) is 0 Å². The first-order valence-corrected chi connectivity index (χ1v) is 9.60. The number of H-pyrrole nitrogens is 1. The average Bonchev–Trinajstić information content (AvgIpc) is 3.00. The lowest BCUT2D eigenvalue weighted by Gasteiger charge is -2.13. The lowest BCUT2D eigenvalue weighted by molar-refractivity contribution is -0.125. The molecule has 0 bridgehead atoms. The fourth-order valence-corrected chi connectivity index (χ4v) is 3.68. The van der Waals surface area contributed by atoms with Gasteiger partial charge in [0.15, 0.2) is 0 Å². The minimum absolute atomic E-state index is 0.00145. The molecule has 4 rings (SSSR count). The van der Waals surface area contributed by atoms with E-state index in [9.17, 15) is 9.59 Å². The summed E-state index contributed by atoms with van der Waals surface area (Å²) in [6.45, 7) is 2.26. The van der Waals surface area contributed by atoms with Crippen LogP contribution >= 0.6 is 0 Å². The number of furan rings is 1. The molecule has 0 radical (unpaired) electrons. The van der Waals surface area contributed by atoms with Crippen molar-refractivity contribution in [2.45, 2.75) is 39.2 Å². The molecule has 1 unspecified atom stereocenters. The summed E-state index contributed by atoms with van der Waals surface area (Å²) in [5.41, 5.74) is 2.29. The van der Waals surface area contributed by atoms with Gasteiger partial charge in [-0.25, -0.2) is 4.98 Å². The number of hydrogen-bond acceptors (Lipinski definition) is 4. The average molecular weight is 377 g/mol. The molecule has 3 aromatic rings. The zero-order valence-corrected chi connectivity index (χ0v) is 15.8. The quantitative estimate of drug-likeness (QED) is 0.684. The second-order valence-corrected chi connectivity index (χ2v) is 7.21. The zero-order chi connectivity index (χ0) is 19.5. The molecule has 0 spiro atoms. The monoisotopic (exact) mass is 377 g/mol. The number of hydrogen-bond donors (Lipinski definition) is 2. The normalized spacial score (nSPS) is 16.2. The molecule has 2 N–H and O–H groups in total. The van der Waals surface area contributed by atoms with Crippen LogP contribution in [0.1, 0.15) is 35.6 Å². The Morgan fingerprint density at radius 3 is 2.71 bits per heavy atom. The Morgan fingerprint density at radius 1 is 1.18 bits per heavy atom. The molecular weight excluding hydrogens is 354 g/mol. The number of amides is 1. The van der Waals surface area contributed by atoms with Gasteiger partial charge in [-0.2, -0.15) is 0 Å². The number of rotatable bonds is 4. The van der Waals surface area contributed by atoms with Crippen molar-refractivity contribution in [3.63, 3.8) is 0 Å². The smallest absolute Gasteiger partial charge is 0.254 e. The Kier molecular flexibility index (Phi) is 5.10. The predicted octanol–water partition coefficient (Wildman–Crippen LogP) is 3.15. The highest BCUT2D eigenvalue weighted by molar-refractivity contribution is 5.78. The van der Waals surface area contributed by atoms with Crippen LogP contribution in [0.15, 0.2) is 51.7 Å². The third-order valence-corrected chi connectivity index (χ3v) is 5.22. The standard InChI is InChI=1S/C22H23N3O3/c1-14-7-10-17(28-14)13-23-21(26)16-8-11-18-19(12-9-16)24-20(25-22(18)27)15-5-3-2-4-6-15/h2-7,10,16H,8-9,11-13H2,1H3,(H,23,26)(H,24,25,27). The molecule has 1 aliphatic carbocycles. The topological polar surface area (TPSA) is 88.0 Å². The van der Waals surface area contributed by atoms with Gasteiger partial charge in [0, 0.05) is 17.0 Å². The SMILES string of the molecule is Cc1ccc(CNC(=O)C2CCc3nc(-c4ccccc4)[nH]c(=O)c3CC2)o1. The minimum Gasteiger partial charge on any atom is -0.465 e. The summed E-state index contributed by atoms with van der Waals surface area (Å²) in [5, 5.41) is 2.95. The van der Waals surface area contributed by atoms with Gasteiger partial charge >= 0.3 is 0 Å². The maximum atomic E-state index is 12.6. The van der Waals surface area contributed by atoms with Crippen molar-refractivity contribution >= 4 is 5.91 Å². The third-order valence-electron chi connectivity index (χ3n) is 5.22. The zero-order valence-electron chi connectivity index (χ0n) is 15.8. The summed E-state index contributed by atoms with van der Waals surface area (Å²) in [7, 11) is 0. The van der Waals surface area contributed by atoms with Gasteiger partial charge in [-0.1, -0.05) is 30.3 Å². The number of aromatic amines is 1. The van der Waals surface area contributed by atoms with E-state index in [0.717, 1.165) is 22.8 Å². The number of benzene rings is 1. The highest BCUT2D eigenvalue weighted by Crippen LogP contribution is 2.23. The van der Waals surface area contributed by atoms with E-state index >= 15 is 0 Å². The Hall–Kier alpha value is -3.15. The lowest BCUT2D eigenvalue weighted by atomic mass is 9.99. The first kappa shape index (κ1) is 18.2. The van der Waals surface area contributed by atoms with Crippen molar-refractivity contribution in [1.29, 1.82) is 0 Å². The molecule has 0 saturated carbocycles. The minimum atomic E-state index is -0.134. The van der Waals surface area contributed by atoms with Crippen LogP contribution in [0.3, 0.4) is 0 Å². The maximum absolute atomic E-state index is 12.6. The molecule has 2 heterocycles.